The molecule has 0 aliphatic heterocycles. The summed E-state index contributed by atoms with van der Waals surface area (Å²) in [7, 11) is 0. The van der Waals surface area contributed by atoms with Crippen LogP contribution in [0.25, 0.3) is 10.9 Å². The standard InChI is InChI=1S/C19H16Cl2N2O3/c1-2-26-19(25)16-17(22-10-11-5-3-4-6-14(11)21)13-8-7-12(20)9-15(13)23-18(16)24/h3-9H,2,10H2,1H3,(H2,22,23,24). The van der Waals surface area contributed by atoms with E-state index in [0.29, 0.717) is 33.2 Å². The number of aromatic amines is 1. The Morgan fingerprint density at radius 2 is 1.96 bits per heavy atom. The molecular weight excluding hydrogens is 375 g/mol. The number of pyridine rings is 1. The van der Waals surface area contributed by atoms with Crippen LogP contribution in [0, 0.1) is 0 Å². The van der Waals surface area contributed by atoms with Crippen molar-refractivity contribution < 1.29 is 9.53 Å². The summed E-state index contributed by atoms with van der Waals surface area (Å²) in [5.74, 6) is -0.688. The average Bonchev–Trinajstić information content (AvgIpc) is 2.60. The van der Waals surface area contributed by atoms with Gasteiger partial charge >= 0.3 is 5.97 Å². The number of benzene rings is 2. The van der Waals surface area contributed by atoms with E-state index in [9.17, 15) is 9.59 Å². The van der Waals surface area contributed by atoms with Gasteiger partial charge in [-0.1, -0.05) is 41.4 Å². The van der Waals surface area contributed by atoms with Crippen molar-refractivity contribution >= 4 is 45.8 Å². The van der Waals surface area contributed by atoms with Crippen LogP contribution in [0.1, 0.15) is 22.8 Å². The fourth-order valence-corrected chi connectivity index (χ4v) is 3.05. The molecule has 3 aromatic rings. The number of hydrogen-bond donors (Lipinski definition) is 2. The van der Waals surface area contributed by atoms with Crippen molar-refractivity contribution in [3.05, 3.63) is 74.0 Å². The zero-order valence-corrected chi connectivity index (χ0v) is 15.4. The second-order valence-corrected chi connectivity index (χ2v) is 6.40. The molecule has 0 bridgehead atoms. The minimum absolute atomic E-state index is 0.0753. The molecule has 0 unspecified atom stereocenters. The smallest absolute Gasteiger partial charge is 0.345 e. The Bertz CT molecular complexity index is 1030. The Balaban J connectivity index is 2.13. The molecule has 0 amide bonds. The summed E-state index contributed by atoms with van der Waals surface area (Å²) >= 11 is 12.2. The second-order valence-electron chi connectivity index (χ2n) is 5.56. The lowest BCUT2D eigenvalue weighted by Crippen LogP contribution is -2.23. The number of aromatic nitrogens is 1. The van der Waals surface area contributed by atoms with E-state index in [2.05, 4.69) is 10.3 Å². The molecule has 0 spiro atoms. The molecule has 0 radical (unpaired) electrons. The van der Waals surface area contributed by atoms with Gasteiger partial charge in [-0.2, -0.15) is 0 Å². The second kappa shape index (κ2) is 7.81. The van der Waals surface area contributed by atoms with E-state index < -0.39 is 11.5 Å². The van der Waals surface area contributed by atoms with E-state index in [4.69, 9.17) is 27.9 Å². The lowest BCUT2D eigenvalue weighted by molar-refractivity contribution is 0.0525. The lowest BCUT2D eigenvalue weighted by Gasteiger charge is -2.14. The fourth-order valence-electron chi connectivity index (χ4n) is 2.68. The van der Waals surface area contributed by atoms with Crippen LogP contribution in [-0.4, -0.2) is 17.6 Å². The first-order chi connectivity index (χ1) is 12.5. The molecule has 134 valence electrons. The van der Waals surface area contributed by atoms with Crippen molar-refractivity contribution in [2.24, 2.45) is 0 Å². The first kappa shape index (κ1) is 18.3. The Kier molecular flexibility index (Phi) is 5.49. The van der Waals surface area contributed by atoms with Crippen LogP contribution < -0.4 is 10.9 Å². The quantitative estimate of drug-likeness (QED) is 0.623. The largest absolute Gasteiger partial charge is 0.462 e. The van der Waals surface area contributed by atoms with Gasteiger partial charge < -0.3 is 15.0 Å². The van der Waals surface area contributed by atoms with Gasteiger partial charge in [-0.25, -0.2) is 4.79 Å². The van der Waals surface area contributed by atoms with Gasteiger partial charge in [0.15, 0.2) is 0 Å². The molecule has 0 fully saturated rings. The summed E-state index contributed by atoms with van der Waals surface area (Å²) in [6.07, 6.45) is 0. The first-order valence-corrected chi connectivity index (χ1v) is 8.76. The lowest BCUT2D eigenvalue weighted by atomic mass is 10.1. The van der Waals surface area contributed by atoms with Crippen LogP contribution in [0.2, 0.25) is 10.0 Å². The number of carbonyl (C=O) groups excluding carboxylic acids is 1. The van der Waals surface area contributed by atoms with Gasteiger partial charge in [-0.15, -0.1) is 0 Å². The molecule has 1 aromatic heterocycles. The summed E-state index contributed by atoms with van der Waals surface area (Å²) in [6, 6.07) is 12.4. The van der Waals surface area contributed by atoms with E-state index in [-0.39, 0.29) is 12.2 Å². The minimum Gasteiger partial charge on any atom is -0.462 e. The third-order valence-electron chi connectivity index (χ3n) is 3.87. The zero-order chi connectivity index (χ0) is 18.7. The van der Waals surface area contributed by atoms with Gasteiger partial charge in [0.1, 0.15) is 5.56 Å². The van der Waals surface area contributed by atoms with E-state index in [1.165, 1.54) is 0 Å². The summed E-state index contributed by atoms with van der Waals surface area (Å²) < 4.78 is 5.05. The topological polar surface area (TPSA) is 71.2 Å². The number of carbonyl (C=O) groups is 1. The van der Waals surface area contributed by atoms with Crippen molar-refractivity contribution in [1.29, 1.82) is 0 Å². The Hall–Kier alpha value is -2.50. The molecule has 7 heteroatoms. The van der Waals surface area contributed by atoms with Crippen LogP contribution in [0.5, 0.6) is 0 Å². The zero-order valence-electron chi connectivity index (χ0n) is 13.9. The highest BCUT2D eigenvalue weighted by atomic mass is 35.5. The third kappa shape index (κ3) is 3.69. The average molecular weight is 391 g/mol. The van der Waals surface area contributed by atoms with Gasteiger partial charge in [0.25, 0.3) is 5.56 Å². The third-order valence-corrected chi connectivity index (χ3v) is 4.47. The number of H-pyrrole nitrogens is 1. The molecule has 1 heterocycles. The predicted octanol–water partition coefficient (Wildman–Crippen LogP) is 4.62. The molecule has 2 N–H and O–H groups in total. The number of fused-ring (bicyclic) bond motifs is 1. The molecule has 26 heavy (non-hydrogen) atoms. The van der Waals surface area contributed by atoms with Gasteiger partial charge in [-0.3, -0.25) is 4.79 Å². The molecule has 0 aliphatic carbocycles. The molecule has 0 saturated carbocycles. The molecule has 0 atom stereocenters. The number of ether oxygens (including phenoxy) is 1. The highest BCUT2D eigenvalue weighted by molar-refractivity contribution is 6.31. The number of anilines is 1. The van der Waals surface area contributed by atoms with Crippen LogP contribution >= 0.6 is 23.2 Å². The Labute approximate surface area is 159 Å². The summed E-state index contributed by atoms with van der Waals surface area (Å²) in [5.41, 5.74) is 1.14. The first-order valence-electron chi connectivity index (χ1n) is 8.01. The van der Waals surface area contributed by atoms with Gasteiger partial charge in [0, 0.05) is 22.0 Å². The SMILES string of the molecule is CCOC(=O)c1c(NCc2ccccc2Cl)c2ccc(Cl)cc2[nH]c1=O. The number of rotatable bonds is 5. The van der Waals surface area contributed by atoms with E-state index in [0.717, 1.165) is 5.56 Å². The highest BCUT2D eigenvalue weighted by Crippen LogP contribution is 2.28. The van der Waals surface area contributed by atoms with Gasteiger partial charge in [-0.05, 0) is 36.8 Å². The maximum Gasteiger partial charge on any atom is 0.345 e. The van der Waals surface area contributed by atoms with Crippen molar-refractivity contribution in [2.45, 2.75) is 13.5 Å². The van der Waals surface area contributed by atoms with Crippen LogP contribution in [0.3, 0.4) is 0 Å². The molecule has 0 aliphatic rings. The monoisotopic (exact) mass is 390 g/mol. The summed E-state index contributed by atoms with van der Waals surface area (Å²) in [4.78, 5) is 27.5. The van der Waals surface area contributed by atoms with Crippen LogP contribution in [0.15, 0.2) is 47.3 Å². The number of halogens is 2. The van der Waals surface area contributed by atoms with Crippen molar-refractivity contribution in [3.63, 3.8) is 0 Å². The normalized spacial score (nSPS) is 10.7. The van der Waals surface area contributed by atoms with Crippen LogP contribution in [-0.2, 0) is 11.3 Å². The molecule has 3 rings (SSSR count). The van der Waals surface area contributed by atoms with Crippen molar-refractivity contribution in [3.8, 4) is 0 Å². The minimum atomic E-state index is -0.688. The van der Waals surface area contributed by atoms with Gasteiger partial charge in [0.05, 0.1) is 17.8 Å². The molecule has 2 aromatic carbocycles. The summed E-state index contributed by atoms with van der Waals surface area (Å²) in [6.45, 7) is 2.19. The van der Waals surface area contributed by atoms with E-state index in [1.807, 2.05) is 18.2 Å². The number of nitrogens with one attached hydrogen (secondary N) is 2. The fraction of sp³-hybridized carbons (Fsp3) is 0.158. The number of hydrogen-bond acceptors (Lipinski definition) is 4. The highest BCUT2D eigenvalue weighted by Gasteiger charge is 2.21. The predicted molar refractivity (Wildman–Crippen MR) is 104 cm³/mol. The summed E-state index contributed by atoms with van der Waals surface area (Å²) in [5, 5.41) is 4.89. The Morgan fingerprint density at radius 3 is 2.69 bits per heavy atom. The Morgan fingerprint density at radius 1 is 1.19 bits per heavy atom. The van der Waals surface area contributed by atoms with Gasteiger partial charge in [0.2, 0.25) is 0 Å². The van der Waals surface area contributed by atoms with Crippen molar-refractivity contribution in [1.82, 2.24) is 4.98 Å². The molecule has 0 saturated heterocycles. The van der Waals surface area contributed by atoms with E-state index >= 15 is 0 Å². The molecule has 5 nitrogen and oxygen atoms in total. The van der Waals surface area contributed by atoms with Crippen LogP contribution in [0.4, 0.5) is 5.69 Å². The maximum absolute atomic E-state index is 12.5. The molecular formula is C19H16Cl2N2O3. The maximum atomic E-state index is 12.5. The van der Waals surface area contributed by atoms with Crippen molar-refractivity contribution in [2.75, 3.05) is 11.9 Å². The number of esters is 1. The van der Waals surface area contributed by atoms with E-state index in [1.54, 1.807) is 31.2 Å².